The van der Waals surface area contributed by atoms with E-state index in [1.807, 2.05) is 0 Å². The topological polar surface area (TPSA) is 126 Å². The van der Waals surface area contributed by atoms with Gasteiger partial charge in [-0.15, -0.1) is 0 Å². The van der Waals surface area contributed by atoms with Gasteiger partial charge in [0.15, 0.2) is 0 Å². The zero-order chi connectivity index (χ0) is 21.3. The molecule has 3 rings (SSSR count). The summed E-state index contributed by atoms with van der Waals surface area (Å²) < 4.78 is 29.3. The van der Waals surface area contributed by atoms with Crippen molar-refractivity contribution in [2.24, 2.45) is 0 Å². The van der Waals surface area contributed by atoms with Crippen LogP contribution in [0.25, 0.3) is 5.69 Å². The number of anilines is 1. The van der Waals surface area contributed by atoms with Gasteiger partial charge >= 0.3 is 11.9 Å². The number of carboxylic acids is 2. The number of rotatable bonds is 6. The van der Waals surface area contributed by atoms with Gasteiger partial charge in [-0.3, -0.25) is 4.72 Å². The predicted molar refractivity (Wildman–Crippen MR) is 106 cm³/mol. The molecule has 0 saturated heterocycles. The van der Waals surface area contributed by atoms with Gasteiger partial charge in [0, 0.05) is 17.6 Å². The van der Waals surface area contributed by atoms with E-state index in [9.17, 15) is 28.2 Å². The van der Waals surface area contributed by atoms with Gasteiger partial charge in [-0.05, 0) is 67.4 Å². The van der Waals surface area contributed by atoms with Crippen LogP contribution < -0.4 is 4.72 Å². The Morgan fingerprint density at radius 1 is 0.931 bits per heavy atom. The molecule has 3 aromatic rings. The van der Waals surface area contributed by atoms with Crippen LogP contribution >= 0.6 is 0 Å². The Morgan fingerprint density at radius 2 is 1.66 bits per heavy atom. The van der Waals surface area contributed by atoms with Crippen molar-refractivity contribution in [2.45, 2.75) is 18.7 Å². The van der Waals surface area contributed by atoms with Crippen LogP contribution in [0.2, 0.25) is 0 Å². The van der Waals surface area contributed by atoms with E-state index in [2.05, 4.69) is 4.72 Å². The summed E-state index contributed by atoms with van der Waals surface area (Å²) >= 11 is 0. The summed E-state index contributed by atoms with van der Waals surface area (Å²) in [4.78, 5) is 22.4. The molecule has 0 bridgehead atoms. The molecule has 0 aliphatic heterocycles. The molecule has 29 heavy (non-hydrogen) atoms. The van der Waals surface area contributed by atoms with Crippen LogP contribution in [0.15, 0.2) is 59.6 Å². The average Bonchev–Trinajstić information content (AvgIpc) is 3.11. The van der Waals surface area contributed by atoms with Gasteiger partial charge in [0.25, 0.3) is 10.0 Å². The van der Waals surface area contributed by atoms with Crippen molar-refractivity contribution in [1.29, 1.82) is 0 Å². The number of hydrogen-bond donors (Lipinski definition) is 3. The highest BCUT2D eigenvalue weighted by Crippen LogP contribution is 2.24. The molecule has 2 aromatic carbocycles. The lowest BCUT2D eigenvalue weighted by Crippen LogP contribution is -2.14. The van der Waals surface area contributed by atoms with E-state index < -0.39 is 22.0 Å². The van der Waals surface area contributed by atoms with Crippen molar-refractivity contribution in [3.63, 3.8) is 0 Å². The first-order valence-electron chi connectivity index (χ1n) is 8.48. The molecule has 9 heteroatoms. The molecular formula is C20H18N2O6S. The van der Waals surface area contributed by atoms with Gasteiger partial charge in [-0.1, -0.05) is 6.07 Å². The molecule has 8 nitrogen and oxygen atoms in total. The number of carboxylic acid groups (broad SMARTS) is 2. The molecule has 0 aliphatic rings. The first-order valence-corrected chi connectivity index (χ1v) is 9.97. The van der Waals surface area contributed by atoms with Gasteiger partial charge in [-0.2, -0.15) is 0 Å². The maximum absolute atomic E-state index is 12.7. The third kappa shape index (κ3) is 3.99. The Hall–Kier alpha value is -3.59. The second kappa shape index (κ2) is 7.44. The summed E-state index contributed by atoms with van der Waals surface area (Å²) in [5.74, 6) is -2.28. The zero-order valence-corrected chi connectivity index (χ0v) is 16.4. The van der Waals surface area contributed by atoms with E-state index in [0.29, 0.717) is 16.8 Å². The van der Waals surface area contributed by atoms with E-state index >= 15 is 0 Å². The van der Waals surface area contributed by atoms with Gasteiger partial charge < -0.3 is 14.8 Å². The monoisotopic (exact) mass is 414 g/mol. The minimum atomic E-state index is -4.01. The lowest BCUT2D eigenvalue weighted by atomic mass is 10.1. The van der Waals surface area contributed by atoms with Crippen LogP contribution in [0, 0.1) is 13.8 Å². The SMILES string of the molecule is Cc1ccc(S(=O)(=O)Nc2ccc(-n3cccc3C(=O)O)c(C)c2)cc1C(=O)O. The lowest BCUT2D eigenvalue weighted by Gasteiger charge is -2.14. The maximum Gasteiger partial charge on any atom is 0.352 e. The van der Waals surface area contributed by atoms with E-state index in [-0.39, 0.29) is 21.8 Å². The Kier molecular flexibility index (Phi) is 5.17. The summed E-state index contributed by atoms with van der Waals surface area (Å²) in [6, 6.07) is 11.7. The normalized spacial score (nSPS) is 11.2. The minimum Gasteiger partial charge on any atom is -0.478 e. The standard InChI is InChI=1S/C20H18N2O6S/c1-12-5-7-15(11-16(12)19(23)24)29(27,28)21-14-6-8-17(13(2)10-14)22-9-3-4-18(22)20(25)26/h3-11,21H,1-2H3,(H,23,24)(H,25,26). The number of aromatic carboxylic acids is 2. The van der Waals surface area contributed by atoms with Crippen LogP contribution in [0.3, 0.4) is 0 Å². The Balaban J connectivity index is 1.94. The van der Waals surface area contributed by atoms with Crippen molar-refractivity contribution >= 4 is 27.6 Å². The summed E-state index contributed by atoms with van der Waals surface area (Å²) in [5.41, 5.74) is 1.97. The van der Waals surface area contributed by atoms with Crippen LogP contribution in [-0.2, 0) is 10.0 Å². The summed E-state index contributed by atoms with van der Waals surface area (Å²) in [5, 5.41) is 18.5. The van der Waals surface area contributed by atoms with Gasteiger partial charge in [-0.25, -0.2) is 18.0 Å². The minimum absolute atomic E-state index is 0.0855. The number of aromatic nitrogens is 1. The number of nitrogens with zero attached hydrogens (tertiary/aromatic N) is 1. The number of benzene rings is 2. The van der Waals surface area contributed by atoms with E-state index in [0.717, 1.165) is 6.07 Å². The molecule has 0 radical (unpaired) electrons. The van der Waals surface area contributed by atoms with Crippen molar-refractivity contribution in [3.8, 4) is 5.69 Å². The molecule has 1 aromatic heterocycles. The second-order valence-electron chi connectivity index (χ2n) is 6.46. The molecule has 3 N–H and O–H groups in total. The molecule has 0 fully saturated rings. The molecular weight excluding hydrogens is 396 g/mol. The highest BCUT2D eigenvalue weighted by molar-refractivity contribution is 7.92. The van der Waals surface area contributed by atoms with Gasteiger partial charge in [0.2, 0.25) is 0 Å². The van der Waals surface area contributed by atoms with Crippen LogP contribution in [0.4, 0.5) is 5.69 Å². The Bertz CT molecular complexity index is 1230. The van der Waals surface area contributed by atoms with Crippen molar-refractivity contribution < 1.29 is 28.2 Å². The van der Waals surface area contributed by atoms with E-state index in [4.69, 9.17) is 0 Å². The number of carbonyl (C=O) groups is 2. The Morgan fingerprint density at radius 3 is 2.28 bits per heavy atom. The number of nitrogens with one attached hydrogen (secondary N) is 1. The number of sulfonamides is 1. The molecule has 0 unspecified atom stereocenters. The second-order valence-corrected chi connectivity index (χ2v) is 8.14. The largest absolute Gasteiger partial charge is 0.478 e. The summed E-state index contributed by atoms with van der Waals surface area (Å²) in [7, 11) is -4.01. The highest BCUT2D eigenvalue weighted by atomic mass is 32.2. The molecule has 1 heterocycles. The fourth-order valence-corrected chi connectivity index (χ4v) is 4.04. The van der Waals surface area contributed by atoms with Crippen LogP contribution in [0.1, 0.15) is 32.0 Å². The summed E-state index contributed by atoms with van der Waals surface area (Å²) in [6.45, 7) is 3.31. The van der Waals surface area contributed by atoms with E-state index in [1.54, 1.807) is 38.2 Å². The average molecular weight is 414 g/mol. The van der Waals surface area contributed by atoms with Gasteiger partial charge in [0.1, 0.15) is 5.69 Å². The quantitative estimate of drug-likeness (QED) is 0.568. The molecule has 0 aliphatic carbocycles. The molecule has 150 valence electrons. The van der Waals surface area contributed by atoms with Crippen molar-refractivity contribution in [2.75, 3.05) is 4.72 Å². The number of aryl methyl sites for hydroxylation is 2. The van der Waals surface area contributed by atoms with Crippen LogP contribution in [-0.4, -0.2) is 35.1 Å². The molecule has 0 amide bonds. The van der Waals surface area contributed by atoms with Crippen molar-refractivity contribution in [1.82, 2.24) is 4.57 Å². The molecule has 0 saturated carbocycles. The predicted octanol–water partition coefficient (Wildman–Crippen LogP) is 3.29. The van der Waals surface area contributed by atoms with Crippen LogP contribution in [0.5, 0.6) is 0 Å². The Labute approximate surface area is 167 Å². The number of hydrogen-bond acceptors (Lipinski definition) is 4. The third-order valence-electron chi connectivity index (χ3n) is 4.43. The summed E-state index contributed by atoms with van der Waals surface area (Å²) in [6.07, 6.45) is 1.61. The molecule has 0 spiro atoms. The van der Waals surface area contributed by atoms with Crippen molar-refractivity contribution in [3.05, 3.63) is 77.1 Å². The first kappa shape index (κ1) is 20.2. The lowest BCUT2D eigenvalue weighted by molar-refractivity contribution is 0.0680. The van der Waals surface area contributed by atoms with E-state index in [1.165, 1.54) is 28.8 Å². The highest BCUT2D eigenvalue weighted by Gasteiger charge is 2.19. The van der Waals surface area contributed by atoms with Gasteiger partial charge in [0.05, 0.1) is 10.5 Å². The fourth-order valence-electron chi connectivity index (χ4n) is 2.97. The zero-order valence-electron chi connectivity index (χ0n) is 15.6. The fraction of sp³-hybridized carbons (Fsp3) is 0.100. The smallest absolute Gasteiger partial charge is 0.352 e. The maximum atomic E-state index is 12.7. The first-order chi connectivity index (χ1) is 13.6. The molecule has 0 atom stereocenters. The third-order valence-corrected chi connectivity index (χ3v) is 5.81.